The predicted octanol–water partition coefficient (Wildman–Crippen LogP) is 2.00. The fourth-order valence-electron chi connectivity index (χ4n) is 1.86. The second-order valence-electron chi connectivity index (χ2n) is 4.91. The van der Waals surface area contributed by atoms with Crippen molar-refractivity contribution in [2.24, 2.45) is 0 Å². The lowest BCUT2D eigenvalue weighted by atomic mass is 9.99. The van der Waals surface area contributed by atoms with Crippen molar-refractivity contribution in [3.63, 3.8) is 0 Å². The Morgan fingerprint density at radius 1 is 1.65 bits per heavy atom. The summed E-state index contributed by atoms with van der Waals surface area (Å²) >= 11 is 6.07. The van der Waals surface area contributed by atoms with E-state index in [-0.39, 0.29) is 16.8 Å². The molecule has 1 fully saturated rings. The van der Waals surface area contributed by atoms with E-state index in [4.69, 9.17) is 16.3 Å². The van der Waals surface area contributed by atoms with Crippen LogP contribution in [0.25, 0.3) is 0 Å². The van der Waals surface area contributed by atoms with Crippen molar-refractivity contribution >= 4 is 28.8 Å². The molecule has 2 heterocycles. The molecule has 112 valence electrons. The van der Waals surface area contributed by atoms with Gasteiger partial charge in [-0.3, -0.25) is 4.79 Å². The standard InChI is InChI=1S/C11H13ClF2N2O3S/c1-11(2)6(17)4(3-19-11)15-9(18)10-16-7(12)5(20-10)8(13)14/h4,6,8,17H,3H2,1-2H3,(H,15,18)/t4-,6+/m1/s1. The van der Waals surface area contributed by atoms with Gasteiger partial charge in [-0.1, -0.05) is 11.6 Å². The molecule has 0 unspecified atom stereocenters. The average Bonchev–Trinajstić information content (AvgIpc) is 2.85. The molecule has 1 aliphatic heterocycles. The molecule has 1 aliphatic rings. The van der Waals surface area contributed by atoms with Gasteiger partial charge in [0.25, 0.3) is 12.3 Å². The Balaban J connectivity index is 2.08. The van der Waals surface area contributed by atoms with Crippen molar-refractivity contribution in [2.45, 2.75) is 38.0 Å². The molecule has 9 heteroatoms. The van der Waals surface area contributed by atoms with E-state index in [0.717, 1.165) is 0 Å². The molecule has 1 amide bonds. The molecule has 0 aromatic carbocycles. The summed E-state index contributed by atoms with van der Waals surface area (Å²) in [6.45, 7) is 3.53. The largest absolute Gasteiger partial charge is 0.388 e. The lowest BCUT2D eigenvalue weighted by Crippen LogP contribution is -2.47. The predicted molar refractivity (Wildman–Crippen MR) is 69.4 cm³/mol. The number of nitrogens with zero attached hydrogens (tertiary/aromatic N) is 1. The lowest BCUT2D eigenvalue weighted by molar-refractivity contribution is -0.0299. The first kappa shape index (κ1) is 15.6. The zero-order valence-electron chi connectivity index (χ0n) is 10.7. The van der Waals surface area contributed by atoms with Gasteiger partial charge in [-0.25, -0.2) is 13.8 Å². The highest BCUT2D eigenvalue weighted by molar-refractivity contribution is 7.14. The molecular weight excluding hydrogens is 314 g/mol. The summed E-state index contributed by atoms with van der Waals surface area (Å²) in [5.41, 5.74) is -0.771. The molecular formula is C11H13ClF2N2O3S. The molecule has 0 saturated carbocycles. The third kappa shape index (κ3) is 2.93. The molecule has 0 aliphatic carbocycles. The van der Waals surface area contributed by atoms with Gasteiger partial charge in [0, 0.05) is 0 Å². The third-order valence-corrected chi connectivity index (χ3v) is 4.51. The molecule has 1 aromatic heterocycles. The topological polar surface area (TPSA) is 71.5 Å². The summed E-state index contributed by atoms with van der Waals surface area (Å²) < 4.78 is 30.5. The van der Waals surface area contributed by atoms with Crippen LogP contribution in [0.5, 0.6) is 0 Å². The van der Waals surface area contributed by atoms with Crippen LogP contribution in [-0.2, 0) is 4.74 Å². The summed E-state index contributed by atoms with van der Waals surface area (Å²) in [6.07, 6.45) is -3.67. The number of hydrogen-bond donors (Lipinski definition) is 2. The minimum atomic E-state index is -2.78. The van der Waals surface area contributed by atoms with Crippen LogP contribution in [0.4, 0.5) is 8.78 Å². The minimum Gasteiger partial charge on any atom is -0.388 e. The van der Waals surface area contributed by atoms with E-state index >= 15 is 0 Å². The number of carbonyl (C=O) groups is 1. The summed E-state index contributed by atoms with van der Waals surface area (Å²) in [7, 11) is 0. The second-order valence-corrected chi connectivity index (χ2v) is 6.30. The van der Waals surface area contributed by atoms with E-state index in [9.17, 15) is 18.7 Å². The van der Waals surface area contributed by atoms with Crippen molar-refractivity contribution < 1.29 is 23.4 Å². The molecule has 2 rings (SSSR count). The van der Waals surface area contributed by atoms with Crippen molar-refractivity contribution in [2.75, 3.05) is 6.61 Å². The molecule has 1 saturated heterocycles. The van der Waals surface area contributed by atoms with Crippen LogP contribution in [0.2, 0.25) is 5.15 Å². The van der Waals surface area contributed by atoms with Crippen LogP contribution < -0.4 is 5.32 Å². The highest BCUT2D eigenvalue weighted by Crippen LogP contribution is 2.32. The van der Waals surface area contributed by atoms with Gasteiger partial charge in [0.15, 0.2) is 5.01 Å². The van der Waals surface area contributed by atoms with E-state index in [1.807, 2.05) is 0 Å². The van der Waals surface area contributed by atoms with Crippen molar-refractivity contribution in [3.8, 4) is 0 Å². The normalized spacial score (nSPS) is 25.1. The Kier molecular flexibility index (Phi) is 4.29. The van der Waals surface area contributed by atoms with E-state index in [2.05, 4.69) is 10.3 Å². The van der Waals surface area contributed by atoms with Crippen LogP contribution in [-0.4, -0.2) is 40.4 Å². The number of aliphatic hydroxyl groups excluding tert-OH is 1. The summed E-state index contributed by atoms with van der Waals surface area (Å²) in [6, 6.07) is -0.616. The first-order valence-corrected chi connectivity index (χ1v) is 6.99. The quantitative estimate of drug-likeness (QED) is 0.891. The first-order valence-electron chi connectivity index (χ1n) is 5.79. The number of halogens is 3. The van der Waals surface area contributed by atoms with Crippen molar-refractivity contribution in [3.05, 3.63) is 15.0 Å². The van der Waals surface area contributed by atoms with E-state index in [1.165, 1.54) is 0 Å². The van der Waals surface area contributed by atoms with Crippen LogP contribution >= 0.6 is 22.9 Å². The van der Waals surface area contributed by atoms with Gasteiger partial charge >= 0.3 is 0 Å². The van der Waals surface area contributed by atoms with Gasteiger partial charge in [0.2, 0.25) is 0 Å². The Morgan fingerprint density at radius 3 is 2.75 bits per heavy atom. The number of ether oxygens (including phenoxy) is 1. The first-order chi connectivity index (χ1) is 9.22. The number of hydrogen-bond acceptors (Lipinski definition) is 5. The maximum Gasteiger partial charge on any atom is 0.280 e. The molecule has 1 aromatic rings. The third-order valence-electron chi connectivity index (χ3n) is 3.05. The SMILES string of the molecule is CC1(C)OC[C@@H](NC(=O)c2nc(Cl)c(C(F)F)s2)[C@@H]1O. The number of aromatic nitrogens is 1. The van der Waals surface area contributed by atoms with Gasteiger partial charge in [-0.05, 0) is 13.8 Å². The van der Waals surface area contributed by atoms with Crippen LogP contribution in [0.3, 0.4) is 0 Å². The fraction of sp³-hybridized carbons (Fsp3) is 0.636. The number of alkyl halides is 2. The Labute approximate surface area is 122 Å². The van der Waals surface area contributed by atoms with Crippen LogP contribution in [0.15, 0.2) is 0 Å². The minimum absolute atomic E-state index is 0.140. The van der Waals surface area contributed by atoms with Gasteiger partial charge < -0.3 is 15.2 Å². The van der Waals surface area contributed by atoms with Crippen molar-refractivity contribution in [1.29, 1.82) is 0 Å². The molecule has 2 atom stereocenters. The van der Waals surface area contributed by atoms with Gasteiger partial charge in [0.05, 0.1) is 18.2 Å². The Morgan fingerprint density at radius 2 is 2.30 bits per heavy atom. The Hall–Kier alpha value is -0.830. The molecule has 20 heavy (non-hydrogen) atoms. The van der Waals surface area contributed by atoms with Crippen molar-refractivity contribution in [1.82, 2.24) is 10.3 Å². The number of amides is 1. The van der Waals surface area contributed by atoms with Gasteiger partial charge in [-0.2, -0.15) is 0 Å². The zero-order valence-corrected chi connectivity index (χ0v) is 12.3. The molecule has 0 bridgehead atoms. The average molecular weight is 327 g/mol. The molecule has 5 nitrogen and oxygen atoms in total. The number of nitrogens with one attached hydrogen (secondary N) is 1. The second kappa shape index (κ2) is 5.51. The van der Waals surface area contributed by atoms with E-state index in [0.29, 0.717) is 11.3 Å². The van der Waals surface area contributed by atoms with Gasteiger partial charge in [-0.15, -0.1) is 11.3 Å². The lowest BCUT2D eigenvalue weighted by Gasteiger charge is -2.23. The van der Waals surface area contributed by atoms with Crippen LogP contribution in [0, 0.1) is 0 Å². The molecule has 2 N–H and O–H groups in total. The fourth-order valence-corrected chi connectivity index (χ4v) is 2.91. The maximum absolute atomic E-state index is 12.6. The molecule has 0 radical (unpaired) electrons. The van der Waals surface area contributed by atoms with E-state index in [1.54, 1.807) is 13.8 Å². The number of rotatable bonds is 3. The molecule has 0 spiro atoms. The zero-order chi connectivity index (χ0) is 15.1. The number of thiazole rings is 1. The number of carbonyl (C=O) groups excluding carboxylic acids is 1. The summed E-state index contributed by atoms with van der Waals surface area (Å²) in [5, 5.41) is 11.9. The van der Waals surface area contributed by atoms with E-state index < -0.39 is 35.0 Å². The maximum atomic E-state index is 12.6. The van der Waals surface area contributed by atoms with Crippen LogP contribution in [0.1, 0.15) is 35.0 Å². The highest BCUT2D eigenvalue weighted by atomic mass is 35.5. The smallest absolute Gasteiger partial charge is 0.280 e. The Bertz CT molecular complexity index is 524. The summed E-state index contributed by atoms with van der Waals surface area (Å²) in [4.78, 5) is 15.1. The van der Waals surface area contributed by atoms with Gasteiger partial charge in [0.1, 0.15) is 16.1 Å². The highest BCUT2D eigenvalue weighted by Gasteiger charge is 2.43. The summed E-state index contributed by atoms with van der Waals surface area (Å²) in [5.74, 6) is -0.658. The number of aliphatic hydroxyl groups is 1. The monoisotopic (exact) mass is 326 g/mol.